The first-order valence-corrected chi connectivity index (χ1v) is 8.96. The second-order valence-corrected chi connectivity index (χ2v) is 6.08. The molecule has 0 spiro atoms. The zero-order valence-corrected chi connectivity index (χ0v) is 16.2. The Labute approximate surface area is 170 Å². The number of hydrogen-bond acceptors (Lipinski definition) is 7. The van der Waals surface area contributed by atoms with Gasteiger partial charge in [0.15, 0.2) is 0 Å². The van der Waals surface area contributed by atoms with Crippen molar-refractivity contribution in [2.75, 3.05) is 7.11 Å². The number of hydrogen-bond donors (Lipinski definition) is 3. The minimum Gasteiger partial charge on any atom is -0.497 e. The quantitative estimate of drug-likeness (QED) is 0.413. The van der Waals surface area contributed by atoms with E-state index in [1.54, 1.807) is 31.2 Å². The molecule has 3 N–H and O–H groups in total. The van der Waals surface area contributed by atoms with Crippen molar-refractivity contribution in [2.45, 2.75) is 13.3 Å². The first-order valence-electron chi connectivity index (χ1n) is 8.96. The molecule has 1 amide bonds. The fraction of sp³-hybridized carbons (Fsp3) is 0.150. The number of nitrogens with one attached hydrogen (secondary N) is 2. The van der Waals surface area contributed by atoms with Gasteiger partial charge in [-0.2, -0.15) is 5.10 Å². The molecule has 0 aliphatic heterocycles. The summed E-state index contributed by atoms with van der Waals surface area (Å²) in [6.07, 6.45) is 3.12. The van der Waals surface area contributed by atoms with Crippen molar-refractivity contribution in [2.24, 2.45) is 5.10 Å². The minimum atomic E-state index is -0.818. The Kier molecular flexibility index (Phi) is 6.06. The van der Waals surface area contributed by atoms with Gasteiger partial charge in [-0.05, 0) is 42.8 Å². The van der Waals surface area contributed by atoms with Gasteiger partial charge in [-0.25, -0.2) is 14.8 Å². The molecule has 10 heteroatoms. The maximum absolute atomic E-state index is 12.4. The maximum atomic E-state index is 12.4. The summed E-state index contributed by atoms with van der Waals surface area (Å²) in [5, 5.41) is 14.7. The van der Waals surface area contributed by atoms with Crippen molar-refractivity contribution in [3.05, 3.63) is 80.8 Å². The lowest BCUT2D eigenvalue weighted by atomic mass is 10.1. The van der Waals surface area contributed by atoms with Crippen LogP contribution in [0.25, 0.3) is 5.69 Å². The van der Waals surface area contributed by atoms with E-state index >= 15 is 0 Å². The normalized spacial score (nSPS) is 11.2. The Hall–Kier alpha value is -4.21. The minimum absolute atomic E-state index is 0.0958. The summed E-state index contributed by atoms with van der Waals surface area (Å²) >= 11 is 0. The number of carbonyl (C=O) groups excluding carboxylic acids is 1. The van der Waals surface area contributed by atoms with E-state index in [1.165, 1.54) is 31.6 Å². The van der Waals surface area contributed by atoms with E-state index in [2.05, 4.69) is 20.5 Å². The number of hydrazone groups is 1. The molecular formula is C20H19N5O5. The van der Waals surface area contributed by atoms with E-state index in [1.807, 2.05) is 0 Å². The largest absolute Gasteiger partial charge is 0.497 e. The maximum Gasteiger partial charge on any atom is 0.335 e. The van der Waals surface area contributed by atoms with Gasteiger partial charge in [-0.3, -0.25) is 19.6 Å². The molecule has 30 heavy (non-hydrogen) atoms. The lowest BCUT2D eigenvalue weighted by Crippen LogP contribution is -2.34. The number of amides is 1. The Morgan fingerprint density at radius 3 is 2.47 bits per heavy atom. The van der Waals surface area contributed by atoms with Gasteiger partial charge in [0, 0.05) is 18.0 Å². The molecule has 0 aliphatic carbocycles. The summed E-state index contributed by atoms with van der Waals surface area (Å²) < 4.78 is 6.02. The Morgan fingerprint density at radius 2 is 1.87 bits per heavy atom. The van der Waals surface area contributed by atoms with Crippen molar-refractivity contribution >= 4 is 11.6 Å². The van der Waals surface area contributed by atoms with Crippen LogP contribution in [0.1, 0.15) is 29.3 Å². The van der Waals surface area contributed by atoms with Gasteiger partial charge in [0.05, 0.1) is 18.5 Å². The topological polar surface area (TPSA) is 139 Å². The number of carbonyl (C=O) groups is 1. The van der Waals surface area contributed by atoms with Gasteiger partial charge >= 0.3 is 5.69 Å². The summed E-state index contributed by atoms with van der Waals surface area (Å²) in [5.41, 5.74) is 1.22. The van der Waals surface area contributed by atoms with Gasteiger partial charge in [0.2, 0.25) is 5.88 Å². The molecule has 10 nitrogen and oxygen atoms in total. The van der Waals surface area contributed by atoms with E-state index in [0.717, 1.165) is 4.57 Å². The van der Waals surface area contributed by atoms with Crippen LogP contribution in [0.4, 0.5) is 0 Å². The third-order valence-corrected chi connectivity index (χ3v) is 4.28. The number of methoxy groups -OCH3 is 1. The Bertz CT molecular complexity index is 1200. The fourth-order valence-corrected chi connectivity index (χ4v) is 2.75. The molecule has 0 aliphatic rings. The molecular weight excluding hydrogens is 390 g/mol. The van der Waals surface area contributed by atoms with Crippen LogP contribution in [0.3, 0.4) is 0 Å². The number of pyridine rings is 1. The van der Waals surface area contributed by atoms with Crippen molar-refractivity contribution in [1.29, 1.82) is 0 Å². The number of aromatic amines is 1. The zero-order valence-electron chi connectivity index (χ0n) is 16.2. The smallest absolute Gasteiger partial charge is 0.335 e. The highest BCUT2D eigenvalue weighted by molar-refractivity contribution is 6.03. The number of aromatic nitrogens is 3. The van der Waals surface area contributed by atoms with E-state index in [4.69, 9.17) is 4.74 Å². The Morgan fingerprint density at radius 1 is 1.20 bits per heavy atom. The van der Waals surface area contributed by atoms with Gasteiger partial charge in [0.25, 0.3) is 11.5 Å². The summed E-state index contributed by atoms with van der Waals surface area (Å²) in [6, 6.07) is 9.33. The van der Waals surface area contributed by atoms with Crippen molar-refractivity contribution in [1.82, 2.24) is 20.0 Å². The van der Waals surface area contributed by atoms with Gasteiger partial charge in [-0.15, -0.1) is 0 Å². The van der Waals surface area contributed by atoms with Crippen LogP contribution < -0.4 is 21.4 Å². The number of H-pyrrole nitrogens is 1. The molecule has 0 saturated heterocycles. The zero-order chi connectivity index (χ0) is 21.7. The third-order valence-electron chi connectivity index (χ3n) is 4.28. The number of nitrogens with zero attached hydrogens (tertiary/aromatic N) is 3. The molecule has 0 saturated carbocycles. The second kappa shape index (κ2) is 8.86. The van der Waals surface area contributed by atoms with Crippen molar-refractivity contribution < 1.29 is 14.6 Å². The van der Waals surface area contributed by atoms with Crippen LogP contribution in [0, 0.1) is 0 Å². The van der Waals surface area contributed by atoms with E-state index < -0.39 is 23.0 Å². The lowest BCUT2D eigenvalue weighted by molar-refractivity contribution is 0.0954. The lowest BCUT2D eigenvalue weighted by Gasteiger charge is -2.13. The molecule has 154 valence electrons. The summed E-state index contributed by atoms with van der Waals surface area (Å²) in [7, 11) is 1.50. The predicted molar refractivity (Wildman–Crippen MR) is 109 cm³/mol. The van der Waals surface area contributed by atoms with Gasteiger partial charge in [0.1, 0.15) is 11.3 Å². The average Bonchev–Trinajstić information content (AvgIpc) is 2.76. The number of rotatable bonds is 6. The molecule has 0 unspecified atom stereocenters. The molecule has 0 bridgehead atoms. The monoisotopic (exact) mass is 409 g/mol. The first-order chi connectivity index (χ1) is 14.5. The van der Waals surface area contributed by atoms with Crippen LogP contribution in [0.5, 0.6) is 11.6 Å². The predicted octanol–water partition coefficient (Wildman–Crippen LogP) is 1.18. The van der Waals surface area contributed by atoms with Crippen LogP contribution in [0.2, 0.25) is 0 Å². The van der Waals surface area contributed by atoms with E-state index in [0.29, 0.717) is 17.0 Å². The fourth-order valence-electron chi connectivity index (χ4n) is 2.75. The SMILES string of the molecule is CC/C(=N/NC(=O)c1ccncc1)c1c(O)n(-c2ccc(OC)cc2)c(=O)[nH]c1=O. The highest BCUT2D eigenvalue weighted by Crippen LogP contribution is 2.20. The molecule has 0 atom stereocenters. The van der Waals surface area contributed by atoms with Crippen LogP contribution >= 0.6 is 0 Å². The second-order valence-electron chi connectivity index (χ2n) is 6.08. The molecule has 0 radical (unpaired) electrons. The molecule has 2 aromatic heterocycles. The standard InChI is InChI=1S/C20H19N5O5/c1-3-15(23-24-17(26)12-8-10-21-11-9-12)16-18(27)22-20(29)25(19(16)28)13-4-6-14(30-2)7-5-13/h4-11,28H,3H2,1-2H3,(H,24,26)(H,22,27,29)/b23-15-. The highest BCUT2D eigenvalue weighted by Gasteiger charge is 2.20. The van der Waals surface area contributed by atoms with E-state index in [-0.39, 0.29) is 17.7 Å². The molecule has 2 heterocycles. The number of benzene rings is 1. The van der Waals surface area contributed by atoms with Crippen molar-refractivity contribution in [3.8, 4) is 17.3 Å². The molecule has 0 fully saturated rings. The number of ether oxygens (including phenoxy) is 1. The van der Waals surface area contributed by atoms with Crippen molar-refractivity contribution in [3.63, 3.8) is 0 Å². The van der Waals surface area contributed by atoms with Gasteiger partial charge in [-0.1, -0.05) is 6.92 Å². The molecule has 3 aromatic rings. The highest BCUT2D eigenvalue weighted by atomic mass is 16.5. The van der Waals surface area contributed by atoms with Crippen LogP contribution in [-0.2, 0) is 0 Å². The Balaban J connectivity index is 2.04. The van der Waals surface area contributed by atoms with Crippen LogP contribution in [0.15, 0.2) is 63.5 Å². The first kappa shape index (κ1) is 20.5. The summed E-state index contributed by atoms with van der Waals surface area (Å²) in [5.74, 6) is -0.541. The van der Waals surface area contributed by atoms with Gasteiger partial charge < -0.3 is 9.84 Å². The number of aromatic hydroxyl groups is 1. The molecule has 1 aromatic carbocycles. The summed E-state index contributed by atoms with van der Waals surface area (Å²) in [6.45, 7) is 1.69. The van der Waals surface area contributed by atoms with Crippen LogP contribution in [-0.4, -0.2) is 38.4 Å². The third kappa shape index (κ3) is 4.12. The average molecular weight is 409 g/mol. The van der Waals surface area contributed by atoms with E-state index in [9.17, 15) is 19.5 Å². The summed E-state index contributed by atoms with van der Waals surface area (Å²) in [4.78, 5) is 42.9. The molecule has 3 rings (SSSR count).